The summed E-state index contributed by atoms with van der Waals surface area (Å²) < 4.78 is 19.9. The summed E-state index contributed by atoms with van der Waals surface area (Å²) in [6.45, 7) is -0.222. The molecule has 1 amide bonds. The van der Waals surface area contributed by atoms with E-state index in [-0.39, 0.29) is 12.4 Å². The van der Waals surface area contributed by atoms with Crippen LogP contribution in [0.4, 0.5) is 10.1 Å². The van der Waals surface area contributed by atoms with Gasteiger partial charge >= 0.3 is 0 Å². The van der Waals surface area contributed by atoms with Crippen molar-refractivity contribution in [2.24, 2.45) is 0 Å². The monoisotopic (exact) mass is 441 g/mol. The van der Waals surface area contributed by atoms with Crippen molar-refractivity contribution in [2.45, 2.75) is 6.54 Å². The van der Waals surface area contributed by atoms with Crippen molar-refractivity contribution < 1.29 is 13.7 Å². The summed E-state index contributed by atoms with van der Waals surface area (Å²) in [5.41, 5.74) is 1.56. The Labute approximate surface area is 186 Å². The topological polar surface area (TPSA) is 103 Å². The van der Waals surface area contributed by atoms with Gasteiger partial charge in [0, 0.05) is 23.3 Å². The Morgan fingerprint density at radius 2 is 1.82 bits per heavy atom. The molecule has 5 aromatic rings. The first-order valence-corrected chi connectivity index (χ1v) is 10.0. The van der Waals surface area contributed by atoms with Gasteiger partial charge in [-0.1, -0.05) is 29.4 Å². The fourth-order valence-corrected chi connectivity index (χ4v) is 3.48. The molecule has 1 N–H and O–H groups in total. The summed E-state index contributed by atoms with van der Waals surface area (Å²) in [6.07, 6.45) is 1.62. The standard InChI is InChI=1S/C24H16FN5O3/c25-15-8-10-16(11-9-15)27-21(31)14-30-20-7-2-1-5-17(20)18(13-22(30)32)24-28-23(29-33-24)19-6-3-4-12-26-19/h1-13H,14H2,(H,27,31). The van der Waals surface area contributed by atoms with Crippen LogP contribution in [0.3, 0.4) is 0 Å². The van der Waals surface area contributed by atoms with Gasteiger partial charge in [0.05, 0.1) is 11.1 Å². The summed E-state index contributed by atoms with van der Waals surface area (Å²) in [5, 5.41) is 7.31. The van der Waals surface area contributed by atoms with E-state index in [1.54, 1.807) is 30.5 Å². The number of para-hydroxylation sites is 1. The lowest BCUT2D eigenvalue weighted by Gasteiger charge is -2.12. The molecule has 0 unspecified atom stereocenters. The molecule has 0 saturated carbocycles. The number of pyridine rings is 2. The first-order valence-electron chi connectivity index (χ1n) is 10.0. The van der Waals surface area contributed by atoms with Gasteiger partial charge in [-0.05, 0) is 42.5 Å². The molecule has 5 rings (SSSR count). The van der Waals surface area contributed by atoms with Crippen molar-refractivity contribution in [1.29, 1.82) is 0 Å². The highest BCUT2D eigenvalue weighted by atomic mass is 19.1. The Balaban J connectivity index is 1.50. The number of aromatic nitrogens is 4. The number of fused-ring (bicyclic) bond motifs is 1. The number of hydrogen-bond donors (Lipinski definition) is 1. The number of amides is 1. The van der Waals surface area contributed by atoms with Crippen molar-refractivity contribution in [2.75, 3.05) is 5.32 Å². The lowest BCUT2D eigenvalue weighted by molar-refractivity contribution is -0.116. The highest BCUT2D eigenvalue weighted by Crippen LogP contribution is 2.27. The first kappa shape index (κ1) is 20.3. The van der Waals surface area contributed by atoms with Gasteiger partial charge in [-0.15, -0.1) is 0 Å². The number of nitrogens with one attached hydrogen (secondary N) is 1. The summed E-state index contributed by atoms with van der Waals surface area (Å²) in [7, 11) is 0. The van der Waals surface area contributed by atoms with E-state index in [0.717, 1.165) is 0 Å². The van der Waals surface area contributed by atoms with E-state index in [0.29, 0.717) is 33.7 Å². The maximum atomic E-state index is 13.1. The molecule has 162 valence electrons. The Morgan fingerprint density at radius 1 is 1.03 bits per heavy atom. The fraction of sp³-hybridized carbons (Fsp3) is 0.0417. The van der Waals surface area contributed by atoms with Gasteiger partial charge in [0.25, 0.3) is 11.4 Å². The Morgan fingerprint density at radius 3 is 2.61 bits per heavy atom. The largest absolute Gasteiger partial charge is 0.334 e. The minimum absolute atomic E-state index is 0.173. The number of halogens is 1. The quantitative estimate of drug-likeness (QED) is 0.444. The Kier molecular flexibility index (Phi) is 5.19. The van der Waals surface area contributed by atoms with Crippen LogP contribution in [0.15, 0.2) is 88.3 Å². The SMILES string of the molecule is O=C(Cn1c(=O)cc(-c2nc(-c3ccccn3)no2)c2ccccc21)Nc1ccc(F)cc1. The molecule has 3 aromatic heterocycles. The summed E-state index contributed by atoms with van der Waals surface area (Å²) in [5.74, 6) is -0.348. The molecule has 0 spiro atoms. The second kappa shape index (κ2) is 8.46. The molecule has 3 heterocycles. The normalized spacial score (nSPS) is 10.9. The zero-order valence-corrected chi connectivity index (χ0v) is 17.1. The first-order chi connectivity index (χ1) is 16.1. The summed E-state index contributed by atoms with van der Waals surface area (Å²) in [4.78, 5) is 34.1. The van der Waals surface area contributed by atoms with Crippen LogP contribution in [0.2, 0.25) is 0 Å². The lowest BCUT2D eigenvalue weighted by Crippen LogP contribution is -2.27. The maximum absolute atomic E-state index is 13.1. The summed E-state index contributed by atoms with van der Waals surface area (Å²) >= 11 is 0. The molecule has 2 aromatic carbocycles. The third-order valence-electron chi connectivity index (χ3n) is 5.00. The summed E-state index contributed by atoms with van der Waals surface area (Å²) in [6, 6.07) is 19.2. The minimum atomic E-state index is -0.420. The number of hydrogen-bond acceptors (Lipinski definition) is 6. The zero-order valence-electron chi connectivity index (χ0n) is 17.1. The number of nitrogens with zero attached hydrogens (tertiary/aromatic N) is 4. The molecule has 0 bridgehead atoms. The van der Waals surface area contributed by atoms with E-state index in [9.17, 15) is 14.0 Å². The zero-order chi connectivity index (χ0) is 22.8. The molecule has 0 saturated heterocycles. The van der Waals surface area contributed by atoms with Crippen molar-refractivity contribution in [3.8, 4) is 23.0 Å². The third kappa shape index (κ3) is 4.11. The van der Waals surface area contributed by atoms with Crippen molar-refractivity contribution in [3.05, 3.63) is 95.2 Å². The van der Waals surface area contributed by atoms with Gasteiger partial charge in [0.2, 0.25) is 11.7 Å². The van der Waals surface area contributed by atoms with Gasteiger partial charge in [-0.25, -0.2) is 4.39 Å². The molecule has 8 nitrogen and oxygen atoms in total. The molecule has 33 heavy (non-hydrogen) atoms. The molecule has 0 aliphatic rings. The molecule has 0 radical (unpaired) electrons. The van der Waals surface area contributed by atoms with Crippen LogP contribution >= 0.6 is 0 Å². The number of carbonyl (C=O) groups is 1. The van der Waals surface area contributed by atoms with Gasteiger partial charge in [-0.2, -0.15) is 4.98 Å². The number of rotatable bonds is 5. The molecular formula is C24H16FN5O3. The van der Waals surface area contributed by atoms with Gasteiger partial charge in [0.15, 0.2) is 0 Å². The average Bonchev–Trinajstić information content (AvgIpc) is 3.33. The van der Waals surface area contributed by atoms with Crippen LogP contribution < -0.4 is 10.9 Å². The van der Waals surface area contributed by atoms with Crippen LogP contribution in [-0.2, 0) is 11.3 Å². The Bertz CT molecular complexity index is 1510. The van der Waals surface area contributed by atoms with E-state index in [4.69, 9.17) is 4.52 Å². The molecule has 0 aliphatic carbocycles. The van der Waals surface area contributed by atoms with E-state index in [2.05, 4.69) is 20.4 Å². The van der Waals surface area contributed by atoms with E-state index in [1.165, 1.54) is 34.9 Å². The number of anilines is 1. The fourth-order valence-electron chi connectivity index (χ4n) is 3.48. The highest BCUT2D eigenvalue weighted by molar-refractivity contribution is 5.95. The predicted octanol–water partition coefficient (Wildman–Crippen LogP) is 3.89. The van der Waals surface area contributed by atoms with Crippen LogP contribution in [0.25, 0.3) is 33.9 Å². The average molecular weight is 441 g/mol. The molecular weight excluding hydrogens is 425 g/mol. The van der Waals surface area contributed by atoms with Gasteiger partial charge < -0.3 is 9.84 Å². The molecule has 0 fully saturated rings. The van der Waals surface area contributed by atoms with E-state index in [1.807, 2.05) is 18.2 Å². The molecule has 9 heteroatoms. The predicted molar refractivity (Wildman–Crippen MR) is 120 cm³/mol. The van der Waals surface area contributed by atoms with Crippen LogP contribution in [0.5, 0.6) is 0 Å². The van der Waals surface area contributed by atoms with E-state index >= 15 is 0 Å². The smallest absolute Gasteiger partial charge is 0.259 e. The van der Waals surface area contributed by atoms with Crippen molar-refractivity contribution in [3.63, 3.8) is 0 Å². The van der Waals surface area contributed by atoms with Crippen LogP contribution in [-0.4, -0.2) is 25.6 Å². The van der Waals surface area contributed by atoms with Crippen LogP contribution in [0, 0.1) is 5.82 Å². The number of benzene rings is 2. The van der Waals surface area contributed by atoms with Gasteiger partial charge in [0.1, 0.15) is 18.1 Å². The maximum Gasteiger partial charge on any atom is 0.259 e. The van der Waals surface area contributed by atoms with E-state index < -0.39 is 17.3 Å². The highest BCUT2D eigenvalue weighted by Gasteiger charge is 2.18. The minimum Gasteiger partial charge on any atom is -0.334 e. The number of carbonyl (C=O) groups excluding carboxylic acids is 1. The second-order valence-electron chi connectivity index (χ2n) is 7.19. The van der Waals surface area contributed by atoms with Crippen LogP contribution in [0.1, 0.15) is 0 Å². The third-order valence-corrected chi connectivity index (χ3v) is 5.00. The molecule has 0 atom stereocenters. The lowest BCUT2D eigenvalue weighted by atomic mass is 10.1. The molecule has 0 aliphatic heterocycles. The van der Waals surface area contributed by atoms with Crippen molar-refractivity contribution in [1.82, 2.24) is 19.7 Å². The Hall–Kier alpha value is -4.66. The van der Waals surface area contributed by atoms with Crippen molar-refractivity contribution >= 4 is 22.5 Å². The van der Waals surface area contributed by atoms with Gasteiger partial charge in [-0.3, -0.25) is 19.1 Å². The second-order valence-corrected chi connectivity index (χ2v) is 7.19.